The maximum absolute atomic E-state index is 12.6. The van der Waals surface area contributed by atoms with Gasteiger partial charge < -0.3 is 15.2 Å². The first-order valence-corrected chi connectivity index (χ1v) is 8.98. The number of carbonyl (C=O) groups is 1. The van der Waals surface area contributed by atoms with Gasteiger partial charge in [-0.3, -0.25) is 9.36 Å². The lowest BCUT2D eigenvalue weighted by molar-refractivity contribution is 0.0482. The number of aliphatic hydroxyl groups excluding tert-OH is 1. The molecule has 0 radical (unpaired) electrons. The number of pyridine rings is 1. The summed E-state index contributed by atoms with van der Waals surface area (Å²) in [5.74, 6) is 0. The number of ether oxygens (including phenoxy) is 1. The first-order chi connectivity index (χ1) is 12.6. The summed E-state index contributed by atoms with van der Waals surface area (Å²) in [4.78, 5) is 24.5. The fourth-order valence-electron chi connectivity index (χ4n) is 2.77. The highest BCUT2D eigenvalue weighted by atomic mass is 16.6. The lowest BCUT2D eigenvalue weighted by Crippen LogP contribution is -2.42. The Morgan fingerprint density at radius 1 is 1.26 bits per heavy atom. The summed E-state index contributed by atoms with van der Waals surface area (Å²) in [5.41, 5.74) is 2.78. The van der Waals surface area contributed by atoms with Crippen LogP contribution < -0.4 is 10.9 Å². The number of nitrogens with one attached hydrogen (secondary N) is 1. The second kappa shape index (κ2) is 8.39. The van der Waals surface area contributed by atoms with Crippen LogP contribution in [0.4, 0.5) is 4.79 Å². The number of carbonyl (C=O) groups excluding carboxylic acids is 1. The van der Waals surface area contributed by atoms with Crippen LogP contribution in [0.3, 0.4) is 0 Å². The minimum absolute atomic E-state index is 0.157. The van der Waals surface area contributed by atoms with Crippen molar-refractivity contribution in [3.63, 3.8) is 0 Å². The van der Waals surface area contributed by atoms with Gasteiger partial charge in [-0.25, -0.2) is 4.79 Å². The molecule has 2 aromatic rings. The minimum atomic E-state index is -0.617. The number of amides is 1. The van der Waals surface area contributed by atoms with Crippen molar-refractivity contribution in [1.82, 2.24) is 9.88 Å². The fourth-order valence-corrected chi connectivity index (χ4v) is 2.77. The Balaban J connectivity index is 2.20. The summed E-state index contributed by atoms with van der Waals surface area (Å²) in [6.45, 7) is 8.95. The zero-order chi connectivity index (χ0) is 20.2. The quantitative estimate of drug-likeness (QED) is 0.846. The molecule has 1 amide bonds. The predicted octanol–water partition coefficient (Wildman–Crippen LogP) is 2.88. The second-order valence-corrected chi connectivity index (χ2v) is 7.76. The van der Waals surface area contributed by atoms with Gasteiger partial charge >= 0.3 is 6.09 Å². The van der Waals surface area contributed by atoms with Crippen molar-refractivity contribution in [1.29, 1.82) is 0 Å². The molecule has 146 valence electrons. The smallest absolute Gasteiger partial charge is 0.407 e. The standard InChI is InChI=1S/C21H28N2O4/c1-14-7-6-8-18(9-14)23-12-15(2)16(11-19(23)25)10-17(13-24)22-20(26)27-21(3,4)5/h6-9,11-12,17,24H,10,13H2,1-5H3,(H,22,26). The third-order valence-electron chi connectivity index (χ3n) is 4.05. The molecule has 1 heterocycles. The first kappa shape index (κ1) is 20.7. The number of aryl methyl sites for hydroxylation is 2. The van der Waals surface area contributed by atoms with Crippen molar-refractivity contribution >= 4 is 6.09 Å². The van der Waals surface area contributed by atoms with E-state index in [1.807, 2.05) is 38.1 Å². The van der Waals surface area contributed by atoms with Gasteiger partial charge in [0.2, 0.25) is 0 Å². The van der Waals surface area contributed by atoms with Crippen molar-refractivity contribution < 1.29 is 14.6 Å². The van der Waals surface area contributed by atoms with Crippen LogP contribution >= 0.6 is 0 Å². The molecule has 0 fully saturated rings. The van der Waals surface area contributed by atoms with Gasteiger partial charge in [-0.2, -0.15) is 0 Å². The van der Waals surface area contributed by atoms with Gasteiger partial charge in [-0.15, -0.1) is 0 Å². The highest BCUT2D eigenvalue weighted by Gasteiger charge is 2.20. The van der Waals surface area contributed by atoms with Gasteiger partial charge in [0, 0.05) is 18.0 Å². The number of benzene rings is 1. The zero-order valence-corrected chi connectivity index (χ0v) is 16.6. The Bertz CT molecular complexity index is 865. The first-order valence-electron chi connectivity index (χ1n) is 8.98. The molecule has 1 unspecified atom stereocenters. The zero-order valence-electron chi connectivity index (χ0n) is 16.6. The molecule has 1 atom stereocenters. The third kappa shape index (κ3) is 5.96. The molecule has 2 N–H and O–H groups in total. The number of hydrogen-bond donors (Lipinski definition) is 2. The van der Waals surface area contributed by atoms with Gasteiger partial charge in [0.25, 0.3) is 5.56 Å². The van der Waals surface area contributed by atoms with E-state index in [0.717, 1.165) is 22.4 Å². The molecule has 0 spiro atoms. The van der Waals surface area contributed by atoms with E-state index in [9.17, 15) is 14.7 Å². The summed E-state index contributed by atoms with van der Waals surface area (Å²) >= 11 is 0. The molecule has 6 nitrogen and oxygen atoms in total. The van der Waals surface area contributed by atoms with E-state index in [1.54, 1.807) is 37.6 Å². The lowest BCUT2D eigenvalue weighted by atomic mass is 10.0. The van der Waals surface area contributed by atoms with E-state index < -0.39 is 17.7 Å². The van der Waals surface area contributed by atoms with E-state index >= 15 is 0 Å². The van der Waals surface area contributed by atoms with E-state index in [2.05, 4.69) is 5.32 Å². The number of aliphatic hydroxyl groups is 1. The van der Waals surface area contributed by atoms with E-state index in [4.69, 9.17) is 4.74 Å². The summed E-state index contributed by atoms with van der Waals surface area (Å²) in [6.07, 6.45) is 1.53. The van der Waals surface area contributed by atoms with E-state index in [0.29, 0.717) is 6.42 Å². The molecule has 0 saturated heterocycles. The highest BCUT2D eigenvalue weighted by Crippen LogP contribution is 2.13. The predicted molar refractivity (Wildman–Crippen MR) is 105 cm³/mol. The van der Waals surface area contributed by atoms with Crippen molar-refractivity contribution in [2.75, 3.05) is 6.61 Å². The van der Waals surface area contributed by atoms with Crippen molar-refractivity contribution in [2.45, 2.75) is 52.7 Å². The number of rotatable bonds is 5. The molecular weight excluding hydrogens is 344 g/mol. The van der Waals surface area contributed by atoms with Crippen LogP contribution in [0.1, 0.15) is 37.5 Å². The monoisotopic (exact) mass is 372 g/mol. The van der Waals surface area contributed by atoms with Gasteiger partial charge in [-0.05, 0) is 69.9 Å². The average molecular weight is 372 g/mol. The molecule has 0 saturated carbocycles. The number of hydrogen-bond acceptors (Lipinski definition) is 4. The Labute approximate surface area is 159 Å². The SMILES string of the molecule is Cc1cccc(-n2cc(C)c(CC(CO)NC(=O)OC(C)(C)C)cc2=O)c1. The van der Waals surface area contributed by atoms with Crippen LogP contribution in [0.2, 0.25) is 0 Å². The van der Waals surface area contributed by atoms with Crippen molar-refractivity contribution in [3.05, 3.63) is 63.6 Å². The third-order valence-corrected chi connectivity index (χ3v) is 4.05. The van der Waals surface area contributed by atoms with Gasteiger partial charge in [0.1, 0.15) is 5.60 Å². The Morgan fingerprint density at radius 3 is 2.56 bits per heavy atom. The fraction of sp³-hybridized carbons (Fsp3) is 0.429. The van der Waals surface area contributed by atoms with Crippen LogP contribution in [0.25, 0.3) is 5.69 Å². The largest absolute Gasteiger partial charge is 0.444 e. The molecule has 2 rings (SSSR count). The molecule has 1 aromatic heterocycles. The normalized spacial score (nSPS) is 12.5. The molecule has 0 aliphatic heterocycles. The van der Waals surface area contributed by atoms with E-state index in [-0.39, 0.29) is 12.2 Å². The molecule has 1 aromatic carbocycles. The molecule has 27 heavy (non-hydrogen) atoms. The molecule has 6 heteroatoms. The summed E-state index contributed by atoms with van der Waals surface area (Å²) in [7, 11) is 0. The molecule has 0 aliphatic rings. The Hall–Kier alpha value is -2.60. The minimum Gasteiger partial charge on any atom is -0.444 e. The maximum atomic E-state index is 12.6. The Morgan fingerprint density at radius 2 is 1.96 bits per heavy atom. The lowest BCUT2D eigenvalue weighted by Gasteiger charge is -2.23. The van der Waals surface area contributed by atoms with Crippen LogP contribution in [0, 0.1) is 13.8 Å². The molecule has 0 aliphatic carbocycles. The Kier molecular flexibility index (Phi) is 6.44. The van der Waals surface area contributed by atoms with Crippen LogP contribution in [-0.4, -0.2) is 34.0 Å². The van der Waals surface area contributed by atoms with Crippen LogP contribution in [-0.2, 0) is 11.2 Å². The summed E-state index contributed by atoms with van der Waals surface area (Å²) in [6, 6.07) is 8.73. The van der Waals surface area contributed by atoms with Gasteiger partial charge in [-0.1, -0.05) is 12.1 Å². The average Bonchev–Trinajstić information content (AvgIpc) is 2.55. The maximum Gasteiger partial charge on any atom is 0.407 e. The van der Waals surface area contributed by atoms with Crippen molar-refractivity contribution in [2.24, 2.45) is 0 Å². The van der Waals surface area contributed by atoms with Crippen LogP contribution in [0.5, 0.6) is 0 Å². The summed E-state index contributed by atoms with van der Waals surface area (Å²) < 4.78 is 6.82. The van der Waals surface area contributed by atoms with Gasteiger partial charge in [0.15, 0.2) is 0 Å². The van der Waals surface area contributed by atoms with Crippen molar-refractivity contribution in [3.8, 4) is 5.69 Å². The second-order valence-electron chi connectivity index (χ2n) is 7.76. The van der Waals surface area contributed by atoms with Gasteiger partial charge in [0.05, 0.1) is 12.6 Å². The number of nitrogens with zero attached hydrogens (tertiary/aromatic N) is 1. The topological polar surface area (TPSA) is 80.6 Å². The number of aromatic nitrogens is 1. The summed E-state index contributed by atoms with van der Waals surface area (Å²) in [5, 5.41) is 12.3. The number of alkyl carbamates (subject to hydrolysis) is 1. The highest BCUT2D eigenvalue weighted by molar-refractivity contribution is 5.68. The molecular formula is C21H28N2O4. The van der Waals surface area contributed by atoms with Crippen LogP contribution in [0.15, 0.2) is 41.3 Å². The molecule has 0 bridgehead atoms. The van der Waals surface area contributed by atoms with E-state index in [1.165, 1.54) is 0 Å².